The molecule has 0 bridgehead atoms. The molecule has 1 aromatic carbocycles. The van der Waals surface area contributed by atoms with Crippen molar-refractivity contribution >= 4 is 29.5 Å². The third-order valence-corrected chi connectivity index (χ3v) is 4.14. The summed E-state index contributed by atoms with van der Waals surface area (Å²) in [5, 5.41) is 5.31. The predicted molar refractivity (Wildman–Crippen MR) is 99.7 cm³/mol. The highest BCUT2D eigenvalue weighted by Crippen LogP contribution is 2.08. The lowest BCUT2D eigenvalue weighted by Crippen LogP contribution is -2.45. The molecule has 0 heterocycles. The Balaban J connectivity index is 2.76. The summed E-state index contributed by atoms with van der Waals surface area (Å²) < 4.78 is 5.21. The largest absolute Gasteiger partial charge is 0.451 e. The van der Waals surface area contributed by atoms with Gasteiger partial charge in [0.1, 0.15) is 6.04 Å². The van der Waals surface area contributed by atoms with Gasteiger partial charge in [0.15, 0.2) is 6.10 Å². The normalized spacial score (nSPS) is 12.8. The number of benzene rings is 1. The number of esters is 1. The Hall–Kier alpha value is -2.02. The molecule has 0 unspecified atom stereocenters. The van der Waals surface area contributed by atoms with Gasteiger partial charge in [-0.2, -0.15) is 11.8 Å². The smallest absolute Gasteiger partial charge is 0.329 e. The Bertz CT molecular complexity index is 606. The van der Waals surface area contributed by atoms with E-state index in [4.69, 9.17) is 4.74 Å². The molecule has 1 rings (SSSR count). The summed E-state index contributed by atoms with van der Waals surface area (Å²) in [7, 11) is 0. The number of ether oxygens (including phenoxy) is 1. The topological polar surface area (TPSA) is 84.5 Å². The minimum Gasteiger partial charge on any atom is -0.451 e. The minimum absolute atomic E-state index is 0.336. The van der Waals surface area contributed by atoms with Gasteiger partial charge in [-0.3, -0.25) is 9.59 Å². The summed E-state index contributed by atoms with van der Waals surface area (Å²) in [5.41, 5.74) is 1.44. The molecular weight excluding hydrogens is 340 g/mol. The van der Waals surface area contributed by atoms with Crippen LogP contribution in [0.3, 0.4) is 0 Å². The number of rotatable bonds is 9. The van der Waals surface area contributed by atoms with Crippen molar-refractivity contribution in [1.82, 2.24) is 10.6 Å². The van der Waals surface area contributed by atoms with Crippen molar-refractivity contribution in [2.24, 2.45) is 0 Å². The van der Waals surface area contributed by atoms with Crippen molar-refractivity contribution in [1.29, 1.82) is 0 Å². The second-order valence-electron chi connectivity index (χ2n) is 5.65. The highest BCUT2D eigenvalue weighted by molar-refractivity contribution is 7.98. The summed E-state index contributed by atoms with van der Waals surface area (Å²) in [6, 6.07) is 6.33. The quantitative estimate of drug-likeness (QED) is 0.652. The molecule has 138 valence electrons. The van der Waals surface area contributed by atoms with Crippen molar-refractivity contribution in [2.45, 2.75) is 39.3 Å². The van der Waals surface area contributed by atoms with Gasteiger partial charge in [0.2, 0.25) is 0 Å². The molecule has 2 atom stereocenters. The molecule has 0 aliphatic carbocycles. The average molecular weight is 366 g/mol. The van der Waals surface area contributed by atoms with E-state index in [1.165, 1.54) is 6.92 Å². The van der Waals surface area contributed by atoms with Gasteiger partial charge in [-0.05, 0) is 51.3 Å². The van der Waals surface area contributed by atoms with Gasteiger partial charge >= 0.3 is 5.97 Å². The Kier molecular flexibility index (Phi) is 9.05. The van der Waals surface area contributed by atoms with Crippen molar-refractivity contribution in [3.8, 4) is 0 Å². The van der Waals surface area contributed by atoms with Gasteiger partial charge in [-0.1, -0.05) is 17.7 Å². The van der Waals surface area contributed by atoms with Crippen LogP contribution >= 0.6 is 11.8 Å². The van der Waals surface area contributed by atoms with E-state index in [9.17, 15) is 14.4 Å². The fraction of sp³-hybridized carbons (Fsp3) is 0.500. The lowest BCUT2D eigenvalue weighted by molar-refractivity contribution is -0.156. The maximum Gasteiger partial charge on any atom is 0.329 e. The number of hydrogen-bond acceptors (Lipinski definition) is 5. The second-order valence-corrected chi connectivity index (χ2v) is 6.64. The van der Waals surface area contributed by atoms with Crippen molar-refractivity contribution < 1.29 is 19.1 Å². The van der Waals surface area contributed by atoms with E-state index in [1.807, 2.05) is 19.2 Å². The van der Waals surface area contributed by atoms with Gasteiger partial charge in [0, 0.05) is 12.1 Å². The molecule has 0 saturated heterocycles. The molecule has 2 amide bonds. The average Bonchev–Trinajstić information content (AvgIpc) is 2.58. The van der Waals surface area contributed by atoms with E-state index in [-0.39, 0.29) is 11.8 Å². The van der Waals surface area contributed by atoms with E-state index < -0.39 is 18.1 Å². The number of nitrogens with one attached hydrogen (secondary N) is 2. The molecular formula is C18H26N2O4S. The van der Waals surface area contributed by atoms with Crippen LogP contribution in [-0.2, 0) is 14.3 Å². The lowest BCUT2D eigenvalue weighted by Gasteiger charge is -2.20. The highest BCUT2D eigenvalue weighted by atomic mass is 32.2. The van der Waals surface area contributed by atoms with Crippen LogP contribution in [-0.4, -0.2) is 48.5 Å². The van der Waals surface area contributed by atoms with E-state index in [1.54, 1.807) is 36.9 Å². The second kappa shape index (κ2) is 10.8. The molecule has 0 spiro atoms. The highest BCUT2D eigenvalue weighted by Gasteiger charge is 2.26. The minimum atomic E-state index is -0.903. The number of likely N-dealkylation sites (N-methyl/N-ethyl adjacent to an activating group) is 1. The summed E-state index contributed by atoms with van der Waals surface area (Å²) in [6.45, 7) is 5.65. The maximum atomic E-state index is 12.4. The zero-order valence-corrected chi connectivity index (χ0v) is 15.9. The first-order valence-corrected chi connectivity index (χ1v) is 9.63. The van der Waals surface area contributed by atoms with Crippen molar-refractivity contribution in [3.05, 3.63) is 35.4 Å². The van der Waals surface area contributed by atoms with E-state index in [0.29, 0.717) is 24.3 Å². The molecule has 6 nitrogen and oxygen atoms in total. The molecule has 1 aromatic rings. The van der Waals surface area contributed by atoms with Crippen LogP contribution in [0.4, 0.5) is 0 Å². The summed E-state index contributed by atoms with van der Waals surface area (Å²) >= 11 is 1.57. The third kappa shape index (κ3) is 7.17. The zero-order chi connectivity index (χ0) is 18.8. The fourth-order valence-electron chi connectivity index (χ4n) is 2.14. The Labute approximate surface area is 153 Å². The standard InChI is InChI=1S/C18H26N2O4S/c1-5-19-16(21)13(3)24-18(23)15(9-10-25-4)20-17(22)14-8-6-7-12(2)11-14/h6-8,11,13,15H,5,9-10H2,1-4H3,(H,19,21)(H,20,22)/t13-,15+/m0/s1. The van der Waals surface area contributed by atoms with E-state index in [2.05, 4.69) is 10.6 Å². The van der Waals surface area contributed by atoms with Gasteiger partial charge in [0.25, 0.3) is 11.8 Å². The maximum absolute atomic E-state index is 12.4. The van der Waals surface area contributed by atoms with Crippen LogP contribution in [0, 0.1) is 6.92 Å². The molecule has 2 N–H and O–H groups in total. The number of carbonyl (C=O) groups is 3. The van der Waals surface area contributed by atoms with Crippen molar-refractivity contribution in [3.63, 3.8) is 0 Å². The lowest BCUT2D eigenvalue weighted by atomic mass is 10.1. The monoisotopic (exact) mass is 366 g/mol. The molecule has 0 aromatic heterocycles. The first-order chi connectivity index (χ1) is 11.9. The SMILES string of the molecule is CCNC(=O)[C@H](C)OC(=O)[C@@H](CCSC)NC(=O)c1cccc(C)c1. The van der Waals surface area contributed by atoms with Gasteiger partial charge in [-0.25, -0.2) is 4.79 Å². The summed E-state index contributed by atoms with van der Waals surface area (Å²) in [5.74, 6) is -0.612. The first-order valence-electron chi connectivity index (χ1n) is 8.23. The Morgan fingerprint density at radius 1 is 1.28 bits per heavy atom. The molecule has 0 fully saturated rings. The van der Waals surface area contributed by atoms with Crippen molar-refractivity contribution in [2.75, 3.05) is 18.6 Å². The fourth-order valence-corrected chi connectivity index (χ4v) is 2.61. The van der Waals surface area contributed by atoms with Crippen LogP contribution in [0.5, 0.6) is 0 Å². The van der Waals surface area contributed by atoms with Gasteiger partial charge in [0.05, 0.1) is 0 Å². The Morgan fingerprint density at radius 3 is 2.60 bits per heavy atom. The number of amides is 2. The summed E-state index contributed by atoms with van der Waals surface area (Å²) in [6.07, 6.45) is 1.45. The zero-order valence-electron chi connectivity index (χ0n) is 15.1. The van der Waals surface area contributed by atoms with Crippen LogP contribution < -0.4 is 10.6 Å². The number of thioether (sulfide) groups is 1. The number of carbonyl (C=O) groups excluding carboxylic acids is 3. The van der Waals surface area contributed by atoms with Crippen LogP contribution in [0.1, 0.15) is 36.2 Å². The molecule has 0 radical (unpaired) electrons. The molecule has 7 heteroatoms. The third-order valence-electron chi connectivity index (χ3n) is 3.49. The molecule has 0 aliphatic rings. The Morgan fingerprint density at radius 2 is 2.00 bits per heavy atom. The number of hydrogen-bond donors (Lipinski definition) is 2. The molecule has 0 saturated carbocycles. The predicted octanol–water partition coefficient (Wildman–Crippen LogP) is 1.91. The molecule has 25 heavy (non-hydrogen) atoms. The van der Waals surface area contributed by atoms with E-state index in [0.717, 1.165) is 5.56 Å². The number of aryl methyl sites for hydroxylation is 1. The van der Waals surface area contributed by atoms with E-state index >= 15 is 0 Å². The first kappa shape index (κ1) is 21.0. The van der Waals surface area contributed by atoms with Gasteiger partial charge < -0.3 is 15.4 Å². The van der Waals surface area contributed by atoms with Crippen LogP contribution in [0.15, 0.2) is 24.3 Å². The summed E-state index contributed by atoms with van der Waals surface area (Å²) in [4.78, 5) is 36.5. The van der Waals surface area contributed by atoms with Gasteiger partial charge in [-0.15, -0.1) is 0 Å². The molecule has 0 aliphatic heterocycles. The van der Waals surface area contributed by atoms with Crippen LogP contribution in [0.2, 0.25) is 0 Å². The van der Waals surface area contributed by atoms with Crippen LogP contribution in [0.25, 0.3) is 0 Å².